The number of nitrogens with one attached hydrogen (secondary N) is 1. The van der Waals surface area contributed by atoms with Gasteiger partial charge in [-0.2, -0.15) is 0 Å². The van der Waals surface area contributed by atoms with Crippen LogP contribution in [0.4, 0.5) is 0 Å². The molecule has 1 rings (SSSR count). The number of hydrogen-bond donors (Lipinski definition) is 1. The molecule has 0 fully saturated rings. The van der Waals surface area contributed by atoms with E-state index >= 15 is 0 Å². The highest BCUT2D eigenvalue weighted by Crippen LogP contribution is 1.95. The highest BCUT2D eigenvalue weighted by atomic mass is 16.5. The quantitative estimate of drug-likeness (QED) is 0.567. The van der Waals surface area contributed by atoms with Crippen LogP contribution in [-0.4, -0.2) is 31.5 Å². The first-order chi connectivity index (χ1) is 4.74. The highest BCUT2D eigenvalue weighted by molar-refractivity contribution is 6.05. The summed E-state index contributed by atoms with van der Waals surface area (Å²) in [7, 11) is 1.58. The number of amides is 1. The lowest BCUT2D eigenvalue weighted by Crippen LogP contribution is -2.33. The van der Waals surface area contributed by atoms with Gasteiger partial charge in [0.25, 0.3) is 0 Å². The second-order valence-corrected chi connectivity index (χ2v) is 2.13. The lowest BCUT2D eigenvalue weighted by atomic mass is 10.4. The number of carbonyl (C=O) groups is 1. The van der Waals surface area contributed by atoms with Gasteiger partial charge in [-0.25, -0.2) is 0 Å². The molecular weight excluding hydrogens is 132 g/mol. The van der Waals surface area contributed by atoms with E-state index in [1.807, 2.05) is 6.92 Å². The first kappa shape index (κ1) is 7.21. The average Bonchev–Trinajstić information content (AvgIpc) is 2.34. The van der Waals surface area contributed by atoms with Crippen LogP contribution in [0, 0.1) is 0 Å². The number of carbonyl (C=O) groups excluding carboxylic acids is 1. The van der Waals surface area contributed by atoms with Crippen LogP contribution in [-0.2, 0) is 9.53 Å². The highest BCUT2D eigenvalue weighted by Gasteiger charge is 2.17. The molecule has 0 aliphatic carbocycles. The Balaban J connectivity index is 2.50. The zero-order chi connectivity index (χ0) is 7.56. The second kappa shape index (κ2) is 2.79. The number of amidine groups is 1. The molecule has 1 heterocycles. The Morgan fingerprint density at radius 3 is 2.90 bits per heavy atom. The Labute approximate surface area is 59.3 Å². The maximum atomic E-state index is 10.6. The van der Waals surface area contributed by atoms with E-state index < -0.39 is 0 Å². The fraction of sp³-hybridized carbons (Fsp3) is 0.667. The van der Waals surface area contributed by atoms with Gasteiger partial charge in [-0.1, -0.05) is 0 Å². The van der Waals surface area contributed by atoms with Gasteiger partial charge in [-0.3, -0.25) is 9.79 Å². The molecule has 0 aromatic heterocycles. The van der Waals surface area contributed by atoms with E-state index in [1.54, 1.807) is 7.11 Å². The number of nitrogens with zero attached hydrogens (tertiary/aromatic N) is 1. The molecule has 0 saturated heterocycles. The molecule has 0 radical (unpaired) electrons. The number of rotatable bonds is 2. The van der Waals surface area contributed by atoms with Crippen molar-refractivity contribution >= 4 is 11.7 Å². The topological polar surface area (TPSA) is 50.7 Å². The van der Waals surface area contributed by atoms with Gasteiger partial charge in [0.15, 0.2) is 0 Å². The molecule has 0 aromatic carbocycles. The minimum Gasteiger partial charge on any atom is -0.374 e. The van der Waals surface area contributed by atoms with E-state index in [4.69, 9.17) is 4.74 Å². The van der Waals surface area contributed by atoms with Crippen molar-refractivity contribution in [3.63, 3.8) is 0 Å². The molecule has 56 valence electrons. The normalized spacial score (nSPS) is 20.2. The van der Waals surface area contributed by atoms with Crippen molar-refractivity contribution in [1.29, 1.82) is 0 Å². The van der Waals surface area contributed by atoms with E-state index in [0.29, 0.717) is 5.84 Å². The van der Waals surface area contributed by atoms with Crippen molar-refractivity contribution in [2.45, 2.75) is 13.0 Å². The molecule has 1 N–H and O–H groups in total. The zero-order valence-corrected chi connectivity index (χ0v) is 6.05. The number of hydrogen-bond acceptors (Lipinski definition) is 3. The van der Waals surface area contributed by atoms with Gasteiger partial charge in [0.2, 0.25) is 5.91 Å². The van der Waals surface area contributed by atoms with Gasteiger partial charge >= 0.3 is 0 Å². The largest absolute Gasteiger partial charge is 0.374 e. The third-order valence-corrected chi connectivity index (χ3v) is 1.40. The van der Waals surface area contributed by atoms with Gasteiger partial charge in [-0.15, -0.1) is 0 Å². The van der Waals surface area contributed by atoms with Crippen molar-refractivity contribution < 1.29 is 9.53 Å². The molecule has 4 heteroatoms. The second-order valence-electron chi connectivity index (χ2n) is 2.13. The lowest BCUT2D eigenvalue weighted by molar-refractivity contribution is -0.117. The predicted molar refractivity (Wildman–Crippen MR) is 36.9 cm³/mol. The number of methoxy groups -OCH3 is 1. The Morgan fingerprint density at radius 2 is 2.50 bits per heavy atom. The maximum absolute atomic E-state index is 10.6. The van der Waals surface area contributed by atoms with Crippen LogP contribution in [0.2, 0.25) is 0 Å². The monoisotopic (exact) mass is 142 g/mol. The van der Waals surface area contributed by atoms with E-state index in [2.05, 4.69) is 10.3 Å². The van der Waals surface area contributed by atoms with Crippen LogP contribution in [0.5, 0.6) is 0 Å². The van der Waals surface area contributed by atoms with Gasteiger partial charge in [0.05, 0.1) is 0 Å². The van der Waals surface area contributed by atoms with Gasteiger partial charge < -0.3 is 10.1 Å². The van der Waals surface area contributed by atoms with Crippen molar-refractivity contribution in [2.24, 2.45) is 4.99 Å². The molecular formula is C6H10N2O2. The van der Waals surface area contributed by atoms with Gasteiger partial charge in [-0.05, 0) is 6.92 Å². The fourth-order valence-electron chi connectivity index (χ4n) is 0.721. The van der Waals surface area contributed by atoms with Gasteiger partial charge in [0.1, 0.15) is 18.5 Å². The molecule has 0 saturated carbocycles. The van der Waals surface area contributed by atoms with Gasteiger partial charge in [0, 0.05) is 7.11 Å². The third kappa shape index (κ3) is 1.33. The maximum Gasteiger partial charge on any atom is 0.247 e. The molecule has 1 unspecified atom stereocenters. The Bertz CT molecular complexity index is 177. The molecule has 1 aliphatic rings. The minimum absolute atomic E-state index is 0.0566. The summed E-state index contributed by atoms with van der Waals surface area (Å²) in [5.41, 5.74) is 0. The van der Waals surface area contributed by atoms with Crippen LogP contribution < -0.4 is 5.32 Å². The molecule has 0 aromatic rings. The first-order valence-corrected chi connectivity index (χ1v) is 3.11. The van der Waals surface area contributed by atoms with E-state index in [0.717, 1.165) is 0 Å². The molecule has 1 amide bonds. The van der Waals surface area contributed by atoms with Crippen molar-refractivity contribution in [3.05, 3.63) is 0 Å². The zero-order valence-electron chi connectivity index (χ0n) is 6.05. The van der Waals surface area contributed by atoms with Crippen LogP contribution in [0.3, 0.4) is 0 Å². The summed E-state index contributed by atoms with van der Waals surface area (Å²) in [4.78, 5) is 14.5. The predicted octanol–water partition coefficient (Wildman–Crippen LogP) is -0.450. The molecule has 10 heavy (non-hydrogen) atoms. The third-order valence-electron chi connectivity index (χ3n) is 1.40. The first-order valence-electron chi connectivity index (χ1n) is 3.11. The van der Waals surface area contributed by atoms with Crippen LogP contribution in [0.1, 0.15) is 6.92 Å². The van der Waals surface area contributed by atoms with Crippen LogP contribution in [0.25, 0.3) is 0 Å². The molecule has 0 spiro atoms. The summed E-state index contributed by atoms with van der Waals surface area (Å²) in [5.74, 6) is 0.575. The lowest BCUT2D eigenvalue weighted by Gasteiger charge is -2.07. The van der Waals surface area contributed by atoms with Crippen molar-refractivity contribution in [2.75, 3.05) is 13.7 Å². The smallest absolute Gasteiger partial charge is 0.247 e. The number of aliphatic imine (C=N–C) groups is 1. The Hall–Kier alpha value is -0.900. The van der Waals surface area contributed by atoms with Crippen LogP contribution >= 0.6 is 0 Å². The summed E-state index contributed by atoms with van der Waals surface area (Å²) in [6.07, 6.45) is -0.105. The standard InChI is InChI=1S/C6H10N2O2/c1-4(10-2)6-7-3-5(9)8-6/h4H,3H2,1-2H3,(H,7,8,9). The Kier molecular flexibility index (Phi) is 2.01. The summed E-state index contributed by atoms with van der Waals surface area (Å²) in [5, 5.41) is 2.59. The molecule has 0 bridgehead atoms. The number of ether oxygens (including phenoxy) is 1. The SMILES string of the molecule is COC(C)C1=NCC(=O)N1. The van der Waals surface area contributed by atoms with Crippen molar-refractivity contribution in [1.82, 2.24) is 5.32 Å². The van der Waals surface area contributed by atoms with E-state index in [-0.39, 0.29) is 18.6 Å². The fourth-order valence-corrected chi connectivity index (χ4v) is 0.721. The summed E-state index contributed by atoms with van der Waals surface area (Å²) in [6.45, 7) is 2.08. The molecule has 4 nitrogen and oxygen atoms in total. The molecule has 1 aliphatic heterocycles. The van der Waals surface area contributed by atoms with E-state index in [9.17, 15) is 4.79 Å². The Morgan fingerprint density at radius 1 is 1.80 bits per heavy atom. The molecule has 1 atom stereocenters. The minimum atomic E-state index is -0.105. The summed E-state index contributed by atoms with van der Waals surface area (Å²) >= 11 is 0. The average molecular weight is 142 g/mol. The summed E-state index contributed by atoms with van der Waals surface area (Å²) in [6, 6.07) is 0. The van der Waals surface area contributed by atoms with E-state index in [1.165, 1.54) is 0 Å². The van der Waals surface area contributed by atoms with Crippen LogP contribution in [0.15, 0.2) is 4.99 Å². The van der Waals surface area contributed by atoms with Crippen molar-refractivity contribution in [3.8, 4) is 0 Å². The summed E-state index contributed by atoms with van der Waals surface area (Å²) < 4.78 is 4.94.